The van der Waals surface area contributed by atoms with Gasteiger partial charge in [0.1, 0.15) is 24.4 Å². The van der Waals surface area contributed by atoms with Crippen molar-refractivity contribution in [2.75, 3.05) is 13.2 Å². The van der Waals surface area contributed by atoms with Crippen LogP contribution < -0.4 is 5.32 Å². The Balaban J connectivity index is 2.50. The van der Waals surface area contributed by atoms with Gasteiger partial charge in [-0.25, -0.2) is 0 Å². The zero-order valence-corrected chi connectivity index (χ0v) is 58.8. The Hall–Kier alpha value is -1.86. The zero-order valence-electron chi connectivity index (χ0n) is 58.8. The lowest BCUT2D eigenvalue weighted by Crippen LogP contribution is -2.61. The van der Waals surface area contributed by atoms with Crippen LogP contribution in [0.5, 0.6) is 0 Å². The molecule has 0 aromatic rings. The number of amides is 1. The predicted octanol–water partition coefficient (Wildman–Crippen LogP) is 20.7. The summed E-state index contributed by atoms with van der Waals surface area (Å²) in [6.45, 7) is 5.87. The molecule has 1 heterocycles. The molecular weight excluding hydrogens is 1110 g/mol. The molecular formula is C78H149NO10. The number of carbonyl (C=O) groups is 2. The third kappa shape index (κ3) is 53.1. The van der Waals surface area contributed by atoms with E-state index in [1.807, 2.05) is 6.08 Å². The van der Waals surface area contributed by atoms with E-state index in [1.165, 1.54) is 295 Å². The molecule has 89 heavy (non-hydrogen) atoms. The van der Waals surface area contributed by atoms with Crippen LogP contribution in [0.4, 0.5) is 0 Å². The number of unbranched alkanes of at least 4 members (excludes halogenated alkanes) is 53. The van der Waals surface area contributed by atoms with Gasteiger partial charge >= 0.3 is 5.97 Å². The number of ether oxygens (including phenoxy) is 3. The van der Waals surface area contributed by atoms with Crippen molar-refractivity contribution in [2.45, 2.75) is 449 Å². The van der Waals surface area contributed by atoms with Crippen LogP contribution in [-0.2, 0) is 23.8 Å². The van der Waals surface area contributed by atoms with Gasteiger partial charge in [-0.2, -0.15) is 0 Å². The number of esters is 1. The fourth-order valence-corrected chi connectivity index (χ4v) is 12.7. The summed E-state index contributed by atoms with van der Waals surface area (Å²) in [4.78, 5) is 26.8. The Morgan fingerprint density at radius 3 is 1.09 bits per heavy atom. The lowest BCUT2D eigenvalue weighted by Gasteiger charge is -2.41. The Kier molecular flexibility index (Phi) is 63.3. The molecule has 1 amide bonds. The molecule has 1 aliphatic heterocycles. The van der Waals surface area contributed by atoms with Gasteiger partial charge in [0.05, 0.1) is 25.4 Å². The Bertz CT molecular complexity index is 1550. The fraction of sp³-hybridized carbons (Fsp3) is 0.923. The molecule has 1 rings (SSSR count). The summed E-state index contributed by atoms with van der Waals surface area (Å²) in [5, 5.41) is 57.4. The van der Waals surface area contributed by atoms with E-state index in [0.717, 1.165) is 57.8 Å². The van der Waals surface area contributed by atoms with Gasteiger partial charge in [0.2, 0.25) is 5.91 Å². The van der Waals surface area contributed by atoms with E-state index in [1.54, 1.807) is 6.08 Å². The summed E-state index contributed by atoms with van der Waals surface area (Å²) in [6, 6.07) is -1.02. The normalized spacial score (nSPS) is 18.1. The molecule has 0 spiro atoms. The molecule has 0 saturated carbocycles. The van der Waals surface area contributed by atoms with Crippen LogP contribution in [0.15, 0.2) is 24.3 Å². The topological polar surface area (TPSA) is 175 Å². The summed E-state index contributed by atoms with van der Waals surface area (Å²) in [5.74, 6) is -1.17. The van der Waals surface area contributed by atoms with Crippen molar-refractivity contribution in [3.05, 3.63) is 24.3 Å². The van der Waals surface area contributed by atoms with Crippen LogP contribution in [0, 0.1) is 0 Å². The SMILES string of the molecule is CCCCCCCC/C=C/CCCCCCCCCCCCC(O)C(=O)NC(COC1OC(CO)C(O)C(O)C1OC(=O)CCCCCCCCCCCCCCCCCCCCCCCCCCCCC)C(O)/C=C/CCCCCCCCCCCCC. The van der Waals surface area contributed by atoms with E-state index >= 15 is 0 Å². The number of nitrogens with one attached hydrogen (secondary N) is 1. The Morgan fingerprint density at radius 1 is 0.427 bits per heavy atom. The second-order valence-electron chi connectivity index (χ2n) is 27.5. The fourth-order valence-electron chi connectivity index (χ4n) is 12.7. The van der Waals surface area contributed by atoms with Crippen molar-refractivity contribution < 1.29 is 49.3 Å². The third-order valence-electron chi connectivity index (χ3n) is 18.9. The van der Waals surface area contributed by atoms with Gasteiger partial charge in [0.25, 0.3) is 0 Å². The summed E-state index contributed by atoms with van der Waals surface area (Å²) in [5.41, 5.74) is 0. The second-order valence-corrected chi connectivity index (χ2v) is 27.5. The van der Waals surface area contributed by atoms with Gasteiger partial charge in [0, 0.05) is 6.42 Å². The molecule has 1 fully saturated rings. The number of aliphatic hydroxyl groups is 5. The molecule has 1 saturated heterocycles. The molecule has 0 aromatic carbocycles. The lowest BCUT2D eigenvalue weighted by atomic mass is 9.99. The summed E-state index contributed by atoms with van der Waals surface area (Å²) < 4.78 is 17.8. The first kappa shape index (κ1) is 85.2. The molecule has 11 nitrogen and oxygen atoms in total. The van der Waals surface area contributed by atoms with Gasteiger partial charge in [-0.15, -0.1) is 0 Å². The zero-order chi connectivity index (χ0) is 64.6. The second kappa shape index (κ2) is 66.2. The predicted molar refractivity (Wildman–Crippen MR) is 375 cm³/mol. The molecule has 0 bridgehead atoms. The van der Waals surface area contributed by atoms with Crippen molar-refractivity contribution in [3.8, 4) is 0 Å². The highest BCUT2D eigenvalue weighted by Crippen LogP contribution is 2.27. The first-order valence-electron chi connectivity index (χ1n) is 39.1. The smallest absolute Gasteiger partial charge is 0.306 e. The molecule has 0 radical (unpaired) electrons. The highest BCUT2D eigenvalue weighted by molar-refractivity contribution is 5.80. The minimum atomic E-state index is -1.61. The minimum Gasteiger partial charge on any atom is -0.454 e. The summed E-state index contributed by atoms with van der Waals surface area (Å²) in [7, 11) is 0. The first-order chi connectivity index (χ1) is 43.7. The molecule has 8 atom stereocenters. The van der Waals surface area contributed by atoms with E-state index in [4.69, 9.17) is 14.2 Å². The molecule has 0 aromatic heterocycles. The number of hydrogen-bond donors (Lipinski definition) is 6. The van der Waals surface area contributed by atoms with E-state index in [2.05, 4.69) is 38.2 Å². The first-order valence-corrected chi connectivity index (χ1v) is 39.1. The van der Waals surface area contributed by atoms with E-state index in [9.17, 15) is 35.1 Å². The number of rotatable bonds is 69. The summed E-state index contributed by atoms with van der Waals surface area (Å²) in [6.07, 6.45) is 70.9. The molecule has 1 aliphatic rings. The Morgan fingerprint density at radius 2 is 0.742 bits per heavy atom. The highest BCUT2D eigenvalue weighted by atomic mass is 16.7. The number of aliphatic hydroxyl groups excluding tert-OH is 5. The molecule has 8 unspecified atom stereocenters. The number of carbonyl (C=O) groups excluding carboxylic acids is 2. The number of allylic oxidation sites excluding steroid dienone is 3. The quantitative estimate of drug-likeness (QED) is 0.0195. The van der Waals surface area contributed by atoms with E-state index < -0.39 is 67.4 Å². The van der Waals surface area contributed by atoms with Gasteiger partial charge in [-0.1, -0.05) is 366 Å². The molecule has 11 heteroatoms. The van der Waals surface area contributed by atoms with Crippen LogP contribution in [0.25, 0.3) is 0 Å². The highest BCUT2D eigenvalue weighted by Gasteiger charge is 2.47. The van der Waals surface area contributed by atoms with Crippen molar-refractivity contribution in [2.24, 2.45) is 0 Å². The van der Waals surface area contributed by atoms with Gasteiger partial charge < -0.3 is 45.1 Å². The molecule has 0 aliphatic carbocycles. The third-order valence-corrected chi connectivity index (χ3v) is 18.9. The van der Waals surface area contributed by atoms with Crippen LogP contribution in [0.1, 0.15) is 400 Å². The van der Waals surface area contributed by atoms with Crippen molar-refractivity contribution in [1.29, 1.82) is 0 Å². The minimum absolute atomic E-state index is 0.131. The number of hydrogen-bond acceptors (Lipinski definition) is 10. The van der Waals surface area contributed by atoms with Crippen LogP contribution in [0.2, 0.25) is 0 Å². The van der Waals surface area contributed by atoms with E-state index in [-0.39, 0.29) is 13.0 Å². The van der Waals surface area contributed by atoms with Gasteiger partial charge in [-0.05, 0) is 51.4 Å². The summed E-state index contributed by atoms with van der Waals surface area (Å²) >= 11 is 0. The van der Waals surface area contributed by atoms with E-state index in [0.29, 0.717) is 19.3 Å². The van der Waals surface area contributed by atoms with Gasteiger partial charge in [-0.3, -0.25) is 9.59 Å². The standard InChI is InChI=1S/C78H149NO10/c1-4-7-10-13-16-19-22-25-27-29-31-33-34-35-36-37-38-39-41-43-45-48-51-54-57-60-63-66-73(83)89-76-75(85)74(84)72(67-80)88-78(76)87-68-69(70(81)64-61-58-55-52-49-46-24-21-18-15-12-9-6-3)79-77(86)71(82)65-62-59-56-53-50-47-44-42-40-32-30-28-26-23-20-17-14-11-8-5-2/h26,28,61,64,69-72,74-76,78,80-82,84-85H,4-25,27,29-60,62-63,65-68H2,1-3H3,(H,79,86)/b28-26+,64-61+. The Labute approximate surface area is 550 Å². The van der Waals surface area contributed by atoms with Gasteiger partial charge in [0.15, 0.2) is 12.4 Å². The maximum Gasteiger partial charge on any atom is 0.306 e. The maximum absolute atomic E-state index is 13.5. The van der Waals surface area contributed by atoms with Crippen LogP contribution in [-0.4, -0.2) is 99.6 Å². The van der Waals surface area contributed by atoms with Crippen molar-refractivity contribution in [3.63, 3.8) is 0 Å². The van der Waals surface area contributed by atoms with Crippen molar-refractivity contribution in [1.82, 2.24) is 5.32 Å². The van der Waals surface area contributed by atoms with Crippen LogP contribution >= 0.6 is 0 Å². The molecule has 526 valence electrons. The lowest BCUT2D eigenvalue weighted by molar-refractivity contribution is -0.305. The largest absolute Gasteiger partial charge is 0.454 e. The maximum atomic E-state index is 13.5. The average Bonchev–Trinajstić information content (AvgIpc) is 3.14. The average molecular weight is 1260 g/mol. The van der Waals surface area contributed by atoms with Crippen molar-refractivity contribution >= 4 is 11.9 Å². The molecule has 6 N–H and O–H groups in total. The van der Waals surface area contributed by atoms with Crippen LogP contribution in [0.3, 0.4) is 0 Å². The monoisotopic (exact) mass is 1260 g/mol.